The van der Waals surface area contributed by atoms with Crippen LogP contribution in [0.3, 0.4) is 0 Å². The first-order valence-corrected chi connectivity index (χ1v) is 9.47. The standard InChI is InChI=1S/C22H25N3O3/c1-27-19-5-3-4-18(15-19)23-10-12-24(13-11-23)22(26)16-25-9-8-17-14-20(28-2)6-7-21(17)25/h3-9,14-15H,10-13,16H2,1-2H3. The Morgan fingerprint density at radius 2 is 1.68 bits per heavy atom. The molecule has 0 atom stereocenters. The number of ether oxygens (including phenoxy) is 2. The summed E-state index contributed by atoms with van der Waals surface area (Å²) in [7, 11) is 3.34. The number of fused-ring (bicyclic) bond motifs is 1. The molecule has 1 saturated heterocycles. The summed E-state index contributed by atoms with van der Waals surface area (Å²) in [6, 6.07) is 16.0. The number of carbonyl (C=O) groups excluding carboxylic acids is 1. The predicted octanol–water partition coefficient (Wildman–Crippen LogP) is 3.01. The van der Waals surface area contributed by atoms with Crippen LogP contribution in [0, 0.1) is 0 Å². The van der Waals surface area contributed by atoms with Gasteiger partial charge in [0.05, 0.1) is 14.2 Å². The summed E-state index contributed by atoms with van der Waals surface area (Å²) in [5, 5.41) is 1.08. The molecule has 1 aliphatic rings. The fourth-order valence-electron chi connectivity index (χ4n) is 3.71. The second-order valence-electron chi connectivity index (χ2n) is 6.94. The molecule has 2 heterocycles. The van der Waals surface area contributed by atoms with E-state index >= 15 is 0 Å². The molecule has 0 unspecified atom stereocenters. The second-order valence-corrected chi connectivity index (χ2v) is 6.94. The Bertz CT molecular complexity index is 974. The summed E-state index contributed by atoms with van der Waals surface area (Å²) in [5.41, 5.74) is 2.18. The van der Waals surface area contributed by atoms with Gasteiger partial charge in [-0.1, -0.05) is 6.07 Å². The Balaban J connectivity index is 1.39. The van der Waals surface area contributed by atoms with Gasteiger partial charge in [0.15, 0.2) is 0 Å². The Morgan fingerprint density at radius 1 is 0.929 bits per heavy atom. The number of benzene rings is 2. The molecule has 1 amide bonds. The van der Waals surface area contributed by atoms with Gasteiger partial charge in [0.25, 0.3) is 0 Å². The lowest BCUT2D eigenvalue weighted by Gasteiger charge is -2.36. The Labute approximate surface area is 164 Å². The van der Waals surface area contributed by atoms with Crippen molar-refractivity contribution >= 4 is 22.5 Å². The number of hydrogen-bond acceptors (Lipinski definition) is 4. The Morgan fingerprint density at radius 3 is 2.43 bits per heavy atom. The lowest BCUT2D eigenvalue weighted by Crippen LogP contribution is -2.49. The minimum Gasteiger partial charge on any atom is -0.497 e. The van der Waals surface area contributed by atoms with Crippen molar-refractivity contribution in [1.29, 1.82) is 0 Å². The zero-order chi connectivity index (χ0) is 19.5. The van der Waals surface area contributed by atoms with Crippen LogP contribution < -0.4 is 14.4 Å². The van der Waals surface area contributed by atoms with E-state index in [0.29, 0.717) is 6.54 Å². The maximum Gasteiger partial charge on any atom is 0.242 e. The normalized spacial score (nSPS) is 14.4. The molecule has 0 aliphatic carbocycles. The van der Waals surface area contributed by atoms with Gasteiger partial charge in [0, 0.05) is 55.0 Å². The van der Waals surface area contributed by atoms with Crippen molar-refractivity contribution in [2.45, 2.75) is 6.54 Å². The molecule has 0 bridgehead atoms. The van der Waals surface area contributed by atoms with Crippen molar-refractivity contribution in [3.63, 3.8) is 0 Å². The van der Waals surface area contributed by atoms with E-state index < -0.39 is 0 Å². The smallest absolute Gasteiger partial charge is 0.242 e. The highest BCUT2D eigenvalue weighted by molar-refractivity contribution is 5.84. The van der Waals surface area contributed by atoms with E-state index in [4.69, 9.17) is 9.47 Å². The van der Waals surface area contributed by atoms with Gasteiger partial charge in [-0.05, 0) is 36.4 Å². The van der Waals surface area contributed by atoms with Crippen molar-refractivity contribution in [2.75, 3.05) is 45.3 Å². The molecular formula is C22H25N3O3. The van der Waals surface area contributed by atoms with Crippen LogP contribution in [-0.2, 0) is 11.3 Å². The summed E-state index contributed by atoms with van der Waals surface area (Å²) in [6.45, 7) is 3.45. The molecule has 28 heavy (non-hydrogen) atoms. The first-order valence-electron chi connectivity index (χ1n) is 9.47. The molecule has 0 radical (unpaired) electrons. The molecule has 2 aromatic carbocycles. The molecule has 4 rings (SSSR count). The molecule has 1 fully saturated rings. The zero-order valence-corrected chi connectivity index (χ0v) is 16.3. The van der Waals surface area contributed by atoms with E-state index in [1.54, 1.807) is 14.2 Å². The van der Waals surface area contributed by atoms with Crippen molar-refractivity contribution < 1.29 is 14.3 Å². The topological polar surface area (TPSA) is 46.9 Å². The largest absolute Gasteiger partial charge is 0.497 e. The Hall–Kier alpha value is -3.15. The lowest BCUT2D eigenvalue weighted by atomic mass is 10.2. The number of piperazine rings is 1. The first-order chi connectivity index (χ1) is 13.7. The van der Waals surface area contributed by atoms with E-state index in [0.717, 1.165) is 54.3 Å². The number of methoxy groups -OCH3 is 2. The van der Waals surface area contributed by atoms with E-state index in [1.807, 2.05) is 58.1 Å². The maximum absolute atomic E-state index is 12.8. The van der Waals surface area contributed by atoms with Crippen molar-refractivity contribution in [3.05, 3.63) is 54.7 Å². The first kappa shape index (κ1) is 18.2. The van der Waals surface area contributed by atoms with Gasteiger partial charge in [0.1, 0.15) is 18.0 Å². The third-order valence-electron chi connectivity index (χ3n) is 5.33. The number of aromatic nitrogens is 1. The number of hydrogen-bond donors (Lipinski definition) is 0. The molecule has 0 saturated carbocycles. The molecule has 1 aliphatic heterocycles. The Kier molecular flexibility index (Phi) is 5.10. The van der Waals surface area contributed by atoms with E-state index in [1.165, 1.54) is 0 Å². The molecule has 1 aromatic heterocycles. The van der Waals surface area contributed by atoms with Crippen LogP contribution in [0.1, 0.15) is 0 Å². The van der Waals surface area contributed by atoms with E-state index in [9.17, 15) is 4.79 Å². The minimum absolute atomic E-state index is 0.151. The summed E-state index contributed by atoms with van der Waals surface area (Å²) in [4.78, 5) is 17.1. The highest BCUT2D eigenvalue weighted by Gasteiger charge is 2.22. The van der Waals surface area contributed by atoms with Gasteiger partial charge in [-0.2, -0.15) is 0 Å². The van der Waals surface area contributed by atoms with Crippen molar-refractivity contribution in [2.24, 2.45) is 0 Å². The van der Waals surface area contributed by atoms with Crippen LogP contribution >= 0.6 is 0 Å². The molecule has 146 valence electrons. The molecule has 6 heteroatoms. The molecule has 0 N–H and O–H groups in total. The highest BCUT2D eigenvalue weighted by atomic mass is 16.5. The second kappa shape index (κ2) is 7.84. The number of carbonyl (C=O) groups is 1. The average molecular weight is 379 g/mol. The number of anilines is 1. The maximum atomic E-state index is 12.8. The number of rotatable bonds is 5. The molecule has 6 nitrogen and oxygen atoms in total. The van der Waals surface area contributed by atoms with Crippen LogP contribution in [0.4, 0.5) is 5.69 Å². The highest BCUT2D eigenvalue weighted by Crippen LogP contribution is 2.23. The zero-order valence-electron chi connectivity index (χ0n) is 16.3. The quantitative estimate of drug-likeness (QED) is 0.684. The van der Waals surface area contributed by atoms with E-state index in [-0.39, 0.29) is 5.91 Å². The van der Waals surface area contributed by atoms with Gasteiger partial charge < -0.3 is 23.8 Å². The molecule has 0 spiro atoms. The third-order valence-corrected chi connectivity index (χ3v) is 5.33. The van der Waals surface area contributed by atoms with Gasteiger partial charge in [-0.15, -0.1) is 0 Å². The summed E-state index contributed by atoms with van der Waals surface area (Å²) in [5.74, 6) is 1.83. The number of nitrogens with zero attached hydrogens (tertiary/aromatic N) is 3. The van der Waals surface area contributed by atoms with Crippen LogP contribution in [0.2, 0.25) is 0 Å². The van der Waals surface area contributed by atoms with Crippen LogP contribution in [0.15, 0.2) is 54.7 Å². The van der Waals surface area contributed by atoms with Crippen molar-refractivity contribution in [3.8, 4) is 11.5 Å². The summed E-state index contributed by atoms with van der Waals surface area (Å²) < 4.78 is 12.6. The van der Waals surface area contributed by atoms with Crippen molar-refractivity contribution in [1.82, 2.24) is 9.47 Å². The predicted molar refractivity (Wildman–Crippen MR) is 110 cm³/mol. The van der Waals surface area contributed by atoms with Gasteiger partial charge in [-0.3, -0.25) is 4.79 Å². The SMILES string of the molecule is COc1cccc(N2CCN(C(=O)Cn3ccc4cc(OC)ccc43)CC2)c1. The van der Waals surface area contributed by atoms with Crippen LogP contribution in [0.5, 0.6) is 11.5 Å². The monoisotopic (exact) mass is 379 g/mol. The van der Waals surface area contributed by atoms with Gasteiger partial charge in [0.2, 0.25) is 5.91 Å². The fourth-order valence-corrected chi connectivity index (χ4v) is 3.71. The fraction of sp³-hybridized carbons (Fsp3) is 0.318. The minimum atomic E-state index is 0.151. The van der Waals surface area contributed by atoms with Gasteiger partial charge >= 0.3 is 0 Å². The summed E-state index contributed by atoms with van der Waals surface area (Å²) in [6.07, 6.45) is 1.97. The van der Waals surface area contributed by atoms with E-state index in [2.05, 4.69) is 11.0 Å². The third kappa shape index (κ3) is 3.63. The lowest BCUT2D eigenvalue weighted by molar-refractivity contribution is -0.132. The van der Waals surface area contributed by atoms with Gasteiger partial charge in [-0.25, -0.2) is 0 Å². The average Bonchev–Trinajstić information content (AvgIpc) is 3.15. The van der Waals surface area contributed by atoms with Crippen LogP contribution in [-0.4, -0.2) is 55.8 Å². The number of amides is 1. The molecule has 3 aromatic rings. The summed E-state index contributed by atoms with van der Waals surface area (Å²) >= 11 is 0. The van der Waals surface area contributed by atoms with Crippen LogP contribution in [0.25, 0.3) is 10.9 Å². The molecular weight excluding hydrogens is 354 g/mol.